The summed E-state index contributed by atoms with van der Waals surface area (Å²) >= 11 is 12.9. The summed E-state index contributed by atoms with van der Waals surface area (Å²) in [7, 11) is 0. The minimum absolute atomic E-state index is 0.0619. The monoisotopic (exact) mass is 433 g/mol. The standard InChI is InChI=1S/C24H15Cl2N2O2/c1-2-13-28-23-17(9-6-12-27-23)14-18(24(28)29)21-19(25)10-11-20(26)22(21)30-15-16-7-4-3-5-8-16/h1,3-12H,13,15H2. The van der Waals surface area contributed by atoms with Crippen molar-refractivity contribution in [2.24, 2.45) is 0 Å². The molecule has 1 radical (unpaired) electrons. The second-order valence-corrected chi connectivity index (χ2v) is 7.29. The van der Waals surface area contributed by atoms with Gasteiger partial charge in [0, 0.05) is 17.6 Å². The molecule has 0 fully saturated rings. The fourth-order valence-electron chi connectivity index (χ4n) is 3.17. The molecule has 147 valence electrons. The van der Waals surface area contributed by atoms with Crippen LogP contribution in [0.3, 0.4) is 0 Å². The van der Waals surface area contributed by atoms with Crippen LogP contribution in [0.15, 0.2) is 65.6 Å². The Morgan fingerprint density at radius 1 is 1.07 bits per heavy atom. The van der Waals surface area contributed by atoms with Crippen LogP contribution in [-0.2, 0) is 13.2 Å². The van der Waals surface area contributed by atoms with Gasteiger partial charge in [-0.2, -0.15) is 0 Å². The van der Waals surface area contributed by atoms with Crippen LogP contribution < -0.4 is 10.3 Å². The van der Waals surface area contributed by atoms with Crippen molar-refractivity contribution in [2.75, 3.05) is 0 Å². The first-order valence-electron chi connectivity index (χ1n) is 9.09. The van der Waals surface area contributed by atoms with Crippen LogP contribution in [-0.4, -0.2) is 9.55 Å². The second kappa shape index (κ2) is 8.62. The molecule has 0 atom stereocenters. The van der Waals surface area contributed by atoms with E-state index in [-0.39, 0.29) is 24.3 Å². The quantitative estimate of drug-likeness (QED) is 0.396. The Morgan fingerprint density at radius 2 is 1.83 bits per heavy atom. The van der Waals surface area contributed by atoms with Crippen LogP contribution in [0.25, 0.3) is 22.2 Å². The van der Waals surface area contributed by atoms with E-state index < -0.39 is 0 Å². The molecule has 0 spiro atoms. The van der Waals surface area contributed by atoms with Gasteiger partial charge in [0.2, 0.25) is 0 Å². The fourth-order valence-corrected chi connectivity index (χ4v) is 3.63. The third kappa shape index (κ3) is 3.78. The van der Waals surface area contributed by atoms with E-state index in [1.54, 1.807) is 30.5 Å². The minimum Gasteiger partial charge on any atom is -0.487 e. The number of pyridine rings is 2. The van der Waals surface area contributed by atoms with Gasteiger partial charge in [0.25, 0.3) is 5.56 Å². The van der Waals surface area contributed by atoms with Crippen LogP contribution in [0.4, 0.5) is 0 Å². The van der Waals surface area contributed by atoms with Gasteiger partial charge in [-0.25, -0.2) is 4.98 Å². The predicted octanol–water partition coefficient (Wildman–Crippen LogP) is 5.38. The van der Waals surface area contributed by atoms with E-state index in [9.17, 15) is 4.79 Å². The first kappa shape index (κ1) is 20.0. The summed E-state index contributed by atoms with van der Waals surface area (Å²) in [5.41, 5.74) is 1.64. The van der Waals surface area contributed by atoms with E-state index in [1.807, 2.05) is 30.3 Å². The van der Waals surface area contributed by atoms with Gasteiger partial charge in [-0.15, -0.1) is 6.42 Å². The maximum Gasteiger partial charge on any atom is 0.261 e. The van der Waals surface area contributed by atoms with Gasteiger partial charge in [-0.1, -0.05) is 59.5 Å². The molecule has 4 aromatic rings. The highest BCUT2D eigenvalue weighted by Gasteiger charge is 2.21. The average Bonchev–Trinajstić information content (AvgIpc) is 2.77. The Bertz CT molecular complexity index is 1330. The molecule has 0 saturated heterocycles. The van der Waals surface area contributed by atoms with Gasteiger partial charge >= 0.3 is 0 Å². The van der Waals surface area contributed by atoms with Crippen LogP contribution in [0.2, 0.25) is 10.0 Å². The van der Waals surface area contributed by atoms with Crippen molar-refractivity contribution in [2.45, 2.75) is 13.2 Å². The van der Waals surface area contributed by atoms with Crippen molar-refractivity contribution in [3.8, 4) is 29.2 Å². The minimum atomic E-state index is -0.368. The lowest BCUT2D eigenvalue weighted by atomic mass is 10.0. The van der Waals surface area contributed by atoms with E-state index in [2.05, 4.69) is 17.0 Å². The largest absolute Gasteiger partial charge is 0.487 e. The lowest BCUT2D eigenvalue weighted by molar-refractivity contribution is 0.307. The molecular weight excluding hydrogens is 419 g/mol. The Hall–Kier alpha value is -3.26. The van der Waals surface area contributed by atoms with Crippen LogP contribution >= 0.6 is 23.2 Å². The first-order chi connectivity index (χ1) is 14.6. The average molecular weight is 434 g/mol. The van der Waals surface area contributed by atoms with Crippen LogP contribution in [0.1, 0.15) is 5.56 Å². The summed E-state index contributed by atoms with van der Waals surface area (Å²) in [4.78, 5) is 17.6. The van der Waals surface area contributed by atoms with Gasteiger partial charge in [0.1, 0.15) is 18.0 Å². The highest BCUT2D eigenvalue weighted by Crippen LogP contribution is 2.41. The number of rotatable bonds is 5. The lowest BCUT2D eigenvalue weighted by Gasteiger charge is -2.16. The van der Waals surface area contributed by atoms with Gasteiger partial charge in [0.15, 0.2) is 0 Å². The topological polar surface area (TPSA) is 44.1 Å². The number of hydrogen-bond donors (Lipinski definition) is 0. The molecule has 0 amide bonds. The van der Waals surface area contributed by atoms with Crippen molar-refractivity contribution in [1.82, 2.24) is 9.55 Å². The third-order valence-corrected chi connectivity index (χ3v) is 5.16. The number of benzene rings is 2. The molecule has 2 aromatic carbocycles. The molecular formula is C24H15Cl2N2O2. The second-order valence-electron chi connectivity index (χ2n) is 6.48. The lowest BCUT2D eigenvalue weighted by Crippen LogP contribution is -2.23. The molecule has 4 rings (SSSR count). The Morgan fingerprint density at radius 3 is 2.60 bits per heavy atom. The molecule has 0 N–H and O–H groups in total. The summed E-state index contributed by atoms with van der Waals surface area (Å²) in [6.07, 6.45) is 7.09. The smallest absolute Gasteiger partial charge is 0.261 e. The number of halogens is 2. The molecule has 0 aliphatic heterocycles. The number of terminal acetylenes is 1. The number of hydrogen-bond acceptors (Lipinski definition) is 3. The van der Waals surface area contributed by atoms with Crippen LogP contribution in [0, 0.1) is 18.4 Å². The maximum atomic E-state index is 13.3. The number of nitrogens with zero attached hydrogens (tertiary/aromatic N) is 2. The normalized spacial score (nSPS) is 10.7. The molecule has 2 heterocycles. The van der Waals surface area contributed by atoms with E-state index in [4.69, 9.17) is 34.4 Å². The third-order valence-electron chi connectivity index (χ3n) is 4.55. The summed E-state index contributed by atoms with van der Waals surface area (Å²) < 4.78 is 7.43. The van der Waals surface area contributed by atoms with Gasteiger partial charge < -0.3 is 4.74 Å². The summed E-state index contributed by atoms with van der Waals surface area (Å²) in [5.74, 6) is 2.82. The van der Waals surface area contributed by atoms with Gasteiger partial charge in [-0.05, 0) is 29.8 Å². The predicted molar refractivity (Wildman–Crippen MR) is 120 cm³/mol. The highest BCUT2D eigenvalue weighted by atomic mass is 35.5. The summed E-state index contributed by atoms with van der Waals surface area (Å²) in [6, 6.07) is 19.6. The number of fused-ring (bicyclic) bond motifs is 1. The molecule has 0 aliphatic carbocycles. The molecule has 2 aromatic heterocycles. The number of ether oxygens (including phenoxy) is 1. The van der Waals surface area contributed by atoms with Crippen LogP contribution in [0.5, 0.6) is 5.75 Å². The molecule has 0 aliphatic rings. The van der Waals surface area contributed by atoms with Crippen molar-refractivity contribution in [1.29, 1.82) is 0 Å². The van der Waals surface area contributed by atoms with Gasteiger partial charge in [0.05, 0.1) is 27.7 Å². The Labute approximate surface area is 183 Å². The fraction of sp³-hybridized carbons (Fsp3) is 0.0833. The Balaban J connectivity index is 1.91. The van der Waals surface area contributed by atoms with Crippen molar-refractivity contribution >= 4 is 34.2 Å². The first-order valence-corrected chi connectivity index (χ1v) is 9.85. The molecule has 30 heavy (non-hydrogen) atoms. The zero-order chi connectivity index (χ0) is 21.1. The molecule has 6 heteroatoms. The van der Waals surface area contributed by atoms with Crippen molar-refractivity contribution in [3.63, 3.8) is 0 Å². The molecule has 0 unspecified atom stereocenters. The van der Waals surface area contributed by atoms with E-state index in [0.717, 1.165) is 5.56 Å². The van der Waals surface area contributed by atoms with Gasteiger partial charge in [-0.3, -0.25) is 9.36 Å². The maximum absolute atomic E-state index is 13.3. The van der Waals surface area contributed by atoms with E-state index in [1.165, 1.54) is 4.57 Å². The summed E-state index contributed by atoms with van der Waals surface area (Å²) in [6.45, 7) is 0.327. The highest BCUT2D eigenvalue weighted by molar-refractivity contribution is 6.36. The zero-order valence-electron chi connectivity index (χ0n) is 15.7. The van der Waals surface area contributed by atoms with E-state index in [0.29, 0.717) is 32.4 Å². The summed E-state index contributed by atoms with van der Waals surface area (Å²) in [5, 5.41) is 1.30. The molecule has 0 saturated carbocycles. The van der Waals surface area contributed by atoms with Crippen molar-refractivity contribution in [3.05, 3.63) is 92.8 Å². The zero-order valence-corrected chi connectivity index (χ0v) is 17.2. The molecule has 4 nitrogen and oxygen atoms in total. The SMILES string of the molecule is C#CCn1c(=O)c(-c2c(Cl)ccc(Cl)c2OCc2ccccc2)[c]c2cccnc21. The van der Waals surface area contributed by atoms with E-state index >= 15 is 0 Å². The number of aromatic nitrogens is 2. The Kier molecular flexibility index (Phi) is 5.76. The van der Waals surface area contributed by atoms with Crippen molar-refractivity contribution < 1.29 is 4.74 Å². The molecule has 0 bridgehead atoms.